The molecule has 2 rings (SSSR count). The smallest absolute Gasteiger partial charge is 0.244 e. The van der Waals surface area contributed by atoms with E-state index in [0.717, 1.165) is 12.8 Å². The molecule has 1 aliphatic rings. The van der Waals surface area contributed by atoms with Crippen molar-refractivity contribution in [1.82, 2.24) is 14.3 Å². The summed E-state index contributed by atoms with van der Waals surface area (Å²) in [6.45, 7) is 2.57. The Morgan fingerprint density at radius 1 is 1.00 bits per heavy atom. The van der Waals surface area contributed by atoms with Gasteiger partial charge in [-0.15, -0.1) is 0 Å². The van der Waals surface area contributed by atoms with Crippen molar-refractivity contribution in [3.05, 3.63) is 24.3 Å². The first kappa shape index (κ1) is 20.3. The third-order valence-corrected chi connectivity index (χ3v) is 7.50. The van der Waals surface area contributed by atoms with Crippen LogP contribution in [0.3, 0.4) is 0 Å². The minimum atomic E-state index is -3.92. The van der Waals surface area contributed by atoms with Crippen molar-refractivity contribution >= 4 is 20.0 Å². The average molecular weight is 392 g/mol. The maximum Gasteiger partial charge on any atom is 0.244 e. The summed E-state index contributed by atoms with van der Waals surface area (Å²) in [4.78, 5) is -0.379. The van der Waals surface area contributed by atoms with Crippen LogP contribution in [0.5, 0.6) is 0 Å². The van der Waals surface area contributed by atoms with E-state index in [0.29, 0.717) is 32.8 Å². The standard InChI is InChI=1S/C15H25N3O5S2/c1-23-13-10-16-8-9-17-24(19,20)14-6-2-3-7-15(14)25(21,22)18-11-4-5-12-18/h2-3,6-7,16-17H,4-5,8-13H2,1H3. The lowest BCUT2D eigenvalue weighted by molar-refractivity contribution is 0.199. The van der Waals surface area contributed by atoms with E-state index in [9.17, 15) is 16.8 Å². The maximum atomic E-state index is 12.8. The lowest BCUT2D eigenvalue weighted by atomic mass is 10.4. The topological polar surface area (TPSA) is 105 Å². The molecule has 1 fully saturated rings. The molecule has 1 aromatic rings. The molecule has 0 bridgehead atoms. The molecule has 0 saturated carbocycles. The van der Waals surface area contributed by atoms with Crippen LogP contribution in [0, 0.1) is 0 Å². The Bertz CT molecular complexity index is 759. The van der Waals surface area contributed by atoms with Crippen molar-refractivity contribution in [2.75, 3.05) is 46.4 Å². The molecule has 0 atom stereocenters. The van der Waals surface area contributed by atoms with E-state index in [4.69, 9.17) is 4.74 Å². The van der Waals surface area contributed by atoms with E-state index in [-0.39, 0.29) is 16.3 Å². The van der Waals surface area contributed by atoms with E-state index in [1.165, 1.54) is 28.6 Å². The van der Waals surface area contributed by atoms with Gasteiger partial charge in [0.15, 0.2) is 0 Å². The Morgan fingerprint density at radius 3 is 2.28 bits per heavy atom. The number of sulfonamides is 2. The number of benzene rings is 1. The van der Waals surface area contributed by atoms with Crippen molar-refractivity contribution in [2.24, 2.45) is 0 Å². The first-order valence-electron chi connectivity index (χ1n) is 8.18. The van der Waals surface area contributed by atoms with E-state index >= 15 is 0 Å². The number of methoxy groups -OCH3 is 1. The van der Waals surface area contributed by atoms with Crippen LogP contribution in [0.15, 0.2) is 34.1 Å². The van der Waals surface area contributed by atoms with Gasteiger partial charge in [-0.25, -0.2) is 21.6 Å². The summed E-state index contributed by atoms with van der Waals surface area (Å²) in [5, 5.41) is 3.02. The Hall–Kier alpha value is -1.04. The van der Waals surface area contributed by atoms with Crippen LogP contribution in [-0.2, 0) is 24.8 Å². The lowest BCUT2D eigenvalue weighted by Crippen LogP contribution is -2.35. The van der Waals surface area contributed by atoms with Gasteiger partial charge in [0.1, 0.15) is 9.79 Å². The first-order valence-corrected chi connectivity index (χ1v) is 11.1. The number of nitrogens with zero attached hydrogens (tertiary/aromatic N) is 1. The van der Waals surface area contributed by atoms with Crippen LogP contribution >= 0.6 is 0 Å². The maximum absolute atomic E-state index is 12.8. The molecule has 0 radical (unpaired) electrons. The molecule has 1 aliphatic heterocycles. The summed E-state index contributed by atoms with van der Waals surface area (Å²) >= 11 is 0. The van der Waals surface area contributed by atoms with Crippen molar-refractivity contribution < 1.29 is 21.6 Å². The number of rotatable bonds is 10. The Labute approximate surface area is 149 Å². The van der Waals surface area contributed by atoms with Gasteiger partial charge in [0.2, 0.25) is 20.0 Å². The molecule has 142 valence electrons. The third-order valence-electron chi connectivity index (χ3n) is 3.90. The molecule has 1 saturated heterocycles. The predicted octanol–water partition coefficient (Wildman–Crippen LogP) is -0.0146. The van der Waals surface area contributed by atoms with E-state index in [1.54, 1.807) is 7.11 Å². The Morgan fingerprint density at radius 2 is 1.64 bits per heavy atom. The highest BCUT2D eigenvalue weighted by atomic mass is 32.2. The van der Waals surface area contributed by atoms with Gasteiger partial charge in [0, 0.05) is 39.8 Å². The molecule has 25 heavy (non-hydrogen) atoms. The molecule has 1 aromatic carbocycles. The van der Waals surface area contributed by atoms with Crippen molar-refractivity contribution in [2.45, 2.75) is 22.6 Å². The summed E-state index contributed by atoms with van der Waals surface area (Å²) in [7, 11) is -6.15. The monoisotopic (exact) mass is 391 g/mol. The fourth-order valence-electron chi connectivity index (χ4n) is 2.60. The van der Waals surface area contributed by atoms with E-state index in [2.05, 4.69) is 10.0 Å². The summed E-state index contributed by atoms with van der Waals surface area (Å²) in [5.41, 5.74) is 0. The summed E-state index contributed by atoms with van der Waals surface area (Å²) in [5.74, 6) is 0. The van der Waals surface area contributed by atoms with Gasteiger partial charge in [0.05, 0.1) is 6.61 Å². The highest BCUT2D eigenvalue weighted by molar-refractivity contribution is 7.92. The second-order valence-electron chi connectivity index (χ2n) is 5.70. The quantitative estimate of drug-likeness (QED) is 0.544. The fourth-order valence-corrected chi connectivity index (χ4v) is 5.96. The highest BCUT2D eigenvalue weighted by Gasteiger charge is 2.32. The minimum absolute atomic E-state index is 0.157. The van der Waals surface area contributed by atoms with Crippen molar-refractivity contribution in [3.63, 3.8) is 0 Å². The van der Waals surface area contributed by atoms with Gasteiger partial charge in [-0.1, -0.05) is 12.1 Å². The van der Waals surface area contributed by atoms with E-state index in [1.807, 2.05) is 0 Å². The molecular weight excluding hydrogens is 366 g/mol. The molecule has 0 aromatic heterocycles. The molecule has 8 nitrogen and oxygen atoms in total. The van der Waals surface area contributed by atoms with Gasteiger partial charge in [-0.2, -0.15) is 4.31 Å². The number of hydrogen-bond acceptors (Lipinski definition) is 6. The third kappa shape index (κ3) is 5.22. The molecule has 1 heterocycles. The summed E-state index contributed by atoms with van der Waals surface area (Å²) in [6.07, 6.45) is 1.58. The van der Waals surface area contributed by atoms with E-state index < -0.39 is 20.0 Å². The van der Waals surface area contributed by atoms with Crippen LogP contribution in [0.2, 0.25) is 0 Å². The number of nitrogens with one attached hydrogen (secondary N) is 2. The summed E-state index contributed by atoms with van der Waals surface area (Å²) < 4.78 is 59.3. The van der Waals surface area contributed by atoms with Gasteiger partial charge < -0.3 is 10.1 Å². The highest BCUT2D eigenvalue weighted by Crippen LogP contribution is 2.26. The van der Waals surface area contributed by atoms with Crippen LogP contribution in [0.25, 0.3) is 0 Å². The van der Waals surface area contributed by atoms with Crippen molar-refractivity contribution in [1.29, 1.82) is 0 Å². The Kier molecular flexibility index (Phi) is 7.35. The van der Waals surface area contributed by atoms with Crippen LogP contribution in [0.4, 0.5) is 0 Å². The van der Waals surface area contributed by atoms with Gasteiger partial charge in [-0.3, -0.25) is 0 Å². The van der Waals surface area contributed by atoms with Crippen molar-refractivity contribution in [3.8, 4) is 0 Å². The zero-order chi connectivity index (χ0) is 18.3. The van der Waals surface area contributed by atoms with Gasteiger partial charge >= 0.3 is 0 Å². The minimum Gasteiger partial charge on any atom is -0.383 e. The SMILES string of the molecule is COCCNCCNS(=O)(=O)c1ccccc1S(=O)(=O)N1CCCC1. The second kappa shape index (κ2) is 9.06. The molecule has 10 heteroatoms. The fraction of sp³-hybridized carbons (Fsp3) is 0.600. The molecular formula is C15H25N3O5S2. The lowest BCUT2D eigenvalue weighted by Gasteiger charge is -2.18. The van der Waals surface area contributed by atoms with Gasteiger partial charge in [0.25, 0.3) is 0 Å². The zero-order valence-corrected chi connectivity index (χ0v) is 15.9. The second-order valence-corrected chi connectivity index (χ2v) is 9.34. The number of ether oxygens (including phenoxy) is 1. The predicted molar refractivity (Wildman–Crippen MR) is 94.4 cm³/mol. The normalized spacial score (nSPS) is 16.4. The van der Waals surface area contributed by atoms with Crippen LogP contribution in [0.1, 0.15) is 12.8 Å². The molecule has 0 amide bonds. The first-order chi connectivity index (χ1) is 11.9. The molecule has 0 aliphatic carbocycles. The summed E-state index contributed by atoms with van der Waals surface area (Å²) in [6, 6.07) is 5.73. The molecule has 0 spiro atoms. The molecule has 2 N–H and O–H groups in total. The van der Waals surface area contributed by atoms with Gasteiger partial charge in [-0.05, 0) is 25.0 Å². The molecule has 0 unspecified atom stereocenters. The average Bonchev–Trinajstić information content (AvgIpc) is 3.13. The Balaban J connectivity index is 2.13. The van der Waals surface area contributed by atoms with Crippen LogP contribution in [-0.4, -0.2) is 67.6 Å². The zero-order valence-electron chi connectivity index (χ0n) is 14.3. The van der Waals surface area contributed by atoms with Crippen LogP contribution < -0.4 is 10.0 Å². The number of hydrogen-bond donors (Lipinski definition) is 2. The largest absolute Gasteiger partial charge is 0.383 e.